The summed E-state index contributed by atoms with van der Waals surface area (Å²) in [7, 11) is 1.52. The molecule has 2 fully saturated rings. The normalized spacial score (nSPS) is 15.6. The molecule has 11 nitrogen and oxygen atoms in total. The van der Waals surface area contributed by atoms with Gasteiger partial charge >= 0.3 is 11.9 Å². The van der Waals surface area contributed by atoms with Crippen molar-refractivity contribution in [2.45, 2.75) is 50.4 Å². The number of fused-ring (bicyclic) bond motifs is 1. The van der Waals surface area contributed by atoms with E-state index in [1.54, 1.807) is 30.5 Å². The smallest absolute Gasteiger partial charge is 0.453 e. The minimum absolute atomic E-state index is 0.0778. The summed E-state index contributed by atoms with van der Waals surface area (Å²) >= 11 is 0. The second kappa shape index (κ2) is 8.96. The van der Waals surface area contributed by atoms with Gasteiger partial charge in [-0.05, 0) is 31.2 Å². The lowest BCUT2D eigenvalue weighted by molar-refractivity contribution is -0.145. The number of halogens is 3. The molecule has 2 aliphatic rings. The van der Waals surface area contributed by atoms with Crippen molar-refractivity contribution in [3.63, 3.8) is 0 Å². The number of rotatable bonds is 7. The largest absolute Gasteiger partial charge is 0.480 e. The first-order valence-electron chi connectivity index (χ1n) is 12.8. The van der Waals surface area contributed by atoms with Crippen LogP contribution in [-0.2, 0) is 12.7 Å². The van der Waals surface area contributed by atoms with E-state index in [1.165, 1.54) is 22.7 Å². The number of aromatic amines is 1. The summed E-state index contributed by atoms with van der Waals surface area (Å²) in [6, 6.07) is 6.80. The van der Waals surface area contributed by atoms with Crippen molar-refractivity contribution in [1.82, 2.24) is 44.3 Å². The Bertz CT molecular complexity index is 1800. The highest BCUT2D eigenvalue weighted by Gasteiger charge is 2.39. The lowest BCUT2D eigenvalue weighted by Crippen LogP contribution is -2.17. The van der Waals surface area contributed by atoms with Crippen LogP contribution in [0, 0.1) is 0 Å². The van der Waals surface area contributed by atoms with E-state index in [1.807, 2.05) is 0 Å². The molecule has 1 aromatic carbocycles. The fourth-order valence-corrected chi connectivity index (χ4v) is 4.78. The summed E-state index contributed by atoms with van der Waals surface area (Å²) in [4.78, 5) is 37.3. The Labute approximate surface area is 224 Å². The van der Waals surface area contributed by atoms with Crippen LogP contribution in [0.5, 0.6) is 5.88 Å². The van der Waals surface area contributed by atoms with Gasteiger partial charge in [-0.3, -0.25) is 4.57 Å². The molecule has 4 aromatic heterocycles. The Morgan fingerprint density at radius 3 is 2.50 bits per heavy atom. The highest BCUT2D eigenvalue weighted by molar-refractivity contribution is 5.75. The fraction of sp³-hybridized carbons (Fsp3) is 0.346. The van der Waals surface area contributed by atoms with Gasteiger partial charge in [0.2, 0.25) is 5.88 Å². The maximum Gasteiger partial charge on any atom is 0.453 e. The van der Waals surface area contributed by atoms with E-state index in [0.717, 1.165) is 36.9 Å². The Morgan fingerprint density at radius 1 is 1.05 bits per heavy atom. The maximum atomic E-state index is 13.3. The molecule has 5 aromatic rings. The second-order valence-corrected chi connectivity index (χ2v) is 9.99. The molecule has 0 bridgehead atoms. The van der Waals surface area contributed by atoms with Crippen LogP contribution in [0.25, 0.3) is 33.9 Å². The van der Waals surface area contributed by atoms with Crippen molar-refractivity contribution in [2.75, 3.05) is 7.11 Å². The molecular weight excluding hydrogens is 527 g/mol. The number of nitrogens with zero attached hydrogens (tertiary/aromatic N) is 8. The topological polar surface area (TPSA) is 129 Å². The van der Waals surface area contributed by atoms with Crippen LogP contribution in [0.2, 0.25) is 0 Å². The summed E-state index contributed by atoms with van der Waals surface area (Å²) in [6.45, 7) is 0.177. The van der Waals surface area contributed by atoms with Crippen molar-refractivity contribution in [3.05, 3.63) is 64.4 Å². The molecule has 0 saturated heterocycles. The summed E-state index contributed by atoms with van der Waals surface area (Å²) in [5.41, 5.74) is 3.18. The number of hydrogen-bond donors (Lipinski definition) is 1. The van der Waals surface area contributed by atoms with E-state index < -0.39 is 12.0 Å². The number of imidazole rings is 1. The summed E-state index contributed by atoms with van der Waals surface area (Å²) < 4.78 is 48.1. The number of ether oxygens (including phenoxy) is 1. The molecule has 0 radical (unpaired) electrons. The van der Waals surface area contributed by atoms with E-state index in [2.05, 4.69) is 30.0 Å². The van der Waals surface area contributed by atoms with E-state index in [4.69, 9.17) is 9.72 Å². The van der Waals surface area contributed by atoms with Gasteiger partial charge < -0.3 is 9.72 Å². The zero-order valence-corrected chi connectivity index (χ0v) is 21.2. The lowest BCUT2D eigenvalue weighted by Gasteiger charge is -2.11. The highest BCUT2D eigenvalue weighted by atomic mass is 19.4. The van der Waals surface area contributed by atoms with Gasteiger partial charge in [0.1, 0.15) is 17.4 Å². The molecule has 1 N–H and O–H groups in total. The first-order chi connectivity index (χ1) is 19.3. The Morgan fingerprint density at radius 2 is 1.82 bits per heavy atom. The van der Waals surface area contributed by atoms with Crippen molar-refractivity contribution < 1.29 is 17.9 Å². The molecule has 7 rings (SSSR count). The average Bonchev–Trinajstić information content (AvgIpc) is 3.89. The standard InChI is InChI=1S/C26H22F3N9O2/c1-40-23-18(19(14-6-7-14)31-12-32-23)20-30-10-17-22(34-20)37(25(39)33-17)11-13-2-4-15(5-3-13)21-35-24(26(27,28)29)36-38(21)16-8-9-16/h2-5,10,12,14,16H,6-9,11H2,1H3,(H,33,39). The van der Waals surface area contributed by atoms with Gasteiger partial charge in [-0.25, -0.2) is 34.4 Å². The van der Waals surface area contributed by atoms with Crippen LogP contribution in [-0.4, -0.2) is 51.4 Å². The number of H-pyrrole nitrogens is 1. The first kappa shape index (κ1) is 24.4. The van der Waals surface area contributed by atoms with Gasteiger partial charge in [-0.2, -0.15) is 13.2 Å². The number of aromatic nitrogens is 9. The van der Waals surface area contributed by atoms with E-state index >= 15 is 0 Å². The summed E-state index contributed by atoms with van der Waals surface area (Å²) in [6.07, 6.45) is 1.93. The third-order valence-corrected chi connectivity index (χ3v) is 7.06. The minimum atomic E-state index is -4.62. The zero-order valence-electron chi connectivity index (χ0n) is 21.2. The van der Waals surface area contributed by atoms with Crippen LogP contribution in [0.15, 0.2) is 41.6 Å². The summed E-state index contributed by atoms with van der Waals surface area (Å²) in [5.74, 6) is 0.0352. The van der Waals surface area contributed by atoms with Gasteiger partial charge in [0.05, 0.1) is 31.6 Å². The number of hydrogen-bond acceptors (Lipinski definition) is 8. The number of benzene rings is 1. The van der Waals surface area contributed by atoms with E-state index in [-0.39, 0.29) is 30.0 Å². The molecule has 0 atom stereocenters. The molecule has 0 amide bonds. The maximum absolute atomic E-state index is 13.3. The average molecular weight is 550 g/mol. The van der Waals surface area contributed by atoms with Gasteiger partial charge in [0.25, 0.3) is 5.82 Å². The van der Waals surface area contributed by atoms with Crippen LogP contribution < -0.4 is 10.4 Å². The van der Waals surface area contributed by atoms with Crippen molar-refractivity contribution in [3.8, 4) is 28.7 Å². The molecule has 0 spiro atoms. The van der Waals surface area contributed by atoms with Gasteiger partial charge in [0, 0.05) is 11.5 Å². The van der Waals surface area contributed by atoms with Crippen LogP contribution in [0.3, 0.4) is 0 Å². The van der Waals surface area contributed by atoms with Crippen LogP contribution >= 0.6 is 0 Å². The molecule has 14 heteroatoms. The number of alkyl halides is 3. The lowest BCUT2D eigenvalue weighted by atomic mass is 10.1. The first-order valence-corrected chi connectivity index (χ1v) is 12.8. The van der Waals surface area contributed by atoms with Crippen molar-refractivity contribution >= 4 is 11.2 Å². The van der Waals surface area contributed by atoms with Crippen molar-refractivity contribution in [1.29, 1.82) is 0 Å². The predicted molar refractivity (Wildman–Crippen MR) is 136 cm³/mol. The molecule has 2 saturated carbocycles. The van der Waals surface area contributed by atoms with E-state index in [0.29, 0.717) is 34.0 Å². The Kier molecular flexibility index (Phi) is 5.47. The molecule has 40 heavy (non-hydrogen) atoms. The molecule has 4 heterocycles. The number of nitrogens with one attached hydrogen (secondary N) is 1. The van der Waals surface area contributed by atoms with Gasteiger partial charge in [0.15, 0.2) is 17.3 Å². The van der Waals surface area contributed by atoms with Gasteiger partial charge in [-0.1, -0.05) is 24.3 Å². The molecule has 2 aliphatic carbocycles. The number of methoxy groups -OCH3 is 1. The minimum Gasteiger partial charge on any atom is -0.480 e. The molecule has 0 aliphatic heterocycles. The second-order valence-electron chi connectivity index (χ2n) is 9.99. The molecule has 204 valence electrons. The van der Waals surface area contributed by atoms with Gasteiger partial charge in [-0.15, -0.1) is 5.10 Å². The summed E-state index contributed by atoms with van der Waals surface area (Å²) in [5, 5.41) is 3.71. The van der Waals surface area contributed by atoms with E-state index in [9.17, 15) is 18.0 Å². The zero-order chi connectivity index (χ0) is 27.6. The highest BCUT2D eigenvalue weighted by Crippen LogP contribution is 2.45. The SMILES string of the molecule is COc1ncnc(C2CC2)c1-c1ncc2[nH]c(=O)n(Cc3ccc(-c4nc(C(F)(F)F)nn4C4CC4)cc3)c2n1. The quantitative estimate of drug-likeness (QED) is 0.321. The Balaban J connectivity index is 1.23. The molecular formula is C26H22F3N9O2. The molecule has 0 unspecified atom stereocenters. The van der Waals surface area contributed by atoms with Crippen molar-refractivity contribution in [2.24, 2.45) is 0 Å². The van der Waals surface area contributed by atoms with Crippen LogP contribution in [0.1, 0.15) is 54.7 Å². The van der Waals surface area contributed by atoms with Crippen LogP contribution in [0.4, 0.5) is 13.2 Å². The Hall–Kier alpha value is -4.62. The monoisotopic (exact) mass is 549 g/mol. The predicted octanol–water partition coefficient (Wildman–Crippen LogP) is 4.12. The fourth-order valence-electron chi connectivity index (χ4n) is 4.78. The third-order valence-electron chi connectivity index (χ3n) is 7.06. The third kappa shape index (κ3) is 4.28.